The molecule has 134 valence electrons. The van der Waals surface area contributed by atoms with Gasteiger partial charge in [-0.05, 0) is 51.4 Å². The van der Waals surface area contributed by atoms with Crippen LogP contribution in [0.5, 0.6) is 0 Å². The van der Waals surface area contributed by atoms with E-state index in [0.717, 1.165) is 30.9 Å². The lowest BCUT2D eigenvalue weighted by Gasteiger charge is -2.30. The molecule has 2 amide bonds. The Morgan fingerprint density at radius 3 is 2.62 bits per heavy atom. The average Bonchev–Trinajstić information content (AvgIpc) is 3.24. The van der Waals surface area contributed by atoms with Crippen molar-refractivity contribution in [3.63, 3.8) is 0 Å². The molecule has 8 heteroatoms. The van der Waals surface area contributed by atoms with Crippen LogP contribution in [-0.2, 0) is 16.4 Å². The number of sulfone groups is 1. The molecule has 0 aromatic carbocycles. The summed E-state index contributed by atoms with van der Waals surface area (Å²) in [6, 6.07) is 4.00. The average molecular weight is 372 g/mol. The van der Waals surface area contributed by atoms with Gasteiger partial charge in [0.1, 0.15) is 4.21 Å². The van der Waals surface area contributed by atoms with Crippen LogP contribution in [0, 0.1) is 0 Å². The highest BCUT2D eigenvalue weighted by Gasteiger charge is 2.37. The third kappa shape index (κ3) is 3.75. The Balaban J connectivity index is 1.54. The SMILES string of the molecule is C[C@@H]1[C@@H](N2CCCC2)CCN1C(=O)NCc1ccc(S(C)(=O)=O)s1. The zero-order chi connectivity index (χ0) is 17.3. The number of rotatable bonds is 4. The first kappa shape index (κ1) is 17.7. The summed E-state index contributed by atoms with van der Waals surface area (Å²) in [6.45, 7) is 5.58. The van der Waals surface area contributed by atoms with Crippen molar-refractivity contribution in [3.05, 3.63) is 17.0 Å². The molecule has 0 bridgehead atoms. The Morgan fingerprint density at radius 1 is 1.29 bits per heavy atom. The van der Waals surface area contributed by atoms with Crippen LogP contribution in [0.2, 0.25) is 0 Å². The highest BCUT2D eigenvalue weighted by Crippen LogP contribution is 2.26. The Hall–Kier alpha value is -1.12. The zero-order valence-electron chi connectivity index (χ0n) is 14.2. The van der Waals surface area contributed by atoms with E-state index in [1.54, 1.807) is 12.1 Å². The van der Waals surface area contributed by atoms with E-state index in [-0.39, 0.29) is 12.1 Å². The first-order chi connectivity index (χ1) is 11.4. The largest absolute Gasteiger partial charge is 0.333 e. The van der Waals surface area contributed by atoms with Gasteiger partial charge in [-0.15, -0.1) is 11.3 Å². The van der Waals surface area contributed by atoms with Crippen LogP contribution in [0.3, 0.4) is 0 Å². The highest BCUT2D eigenvalue weighted by molar-refractivity contribution is 7.92. The Morgan fingerprint density at radius 2 is 2.00 bits per heavy atom. The van der Waals surface area contributed by atoms with Crippen molar-refractivity contribution in [3.8, 4) is 0 Å². The second kappa shape index (κ2) is 7.01. The van der Waals surface area contributed by atoms with Gasteiger partial charge >= 0.3 is 6.03 Å². The molecule has 0 saturated carbocycles. The van der Waals surface area contributed by atoms with Gasteiger partial charge in [0.05, 0.1) is 6.54 Å². The smallest absolute Gasteiger partial charge is 0.317 e. The van der Waals surface area contributed by atoms with E-state index in [1.165, 1.54) is 30.4 Å². The summed E-state index contributed by atoms with van der Waals surface area (Å²) in [5.41, 5.74) is 0. The van der Waals surface area contributed by atoms with Gasteiger partial charge in [-0.1, -0.05) is 0 Å². The minimum absolute atomic E-state index is 0.0569. The molecule has 2 fully saturated rings. The van der Waals surface area contributed by atoms with Gasteiger partial charge in [0, 0.05) is 29.8 Å². The summed E-state index contributed by atoms with van der Waals surface area (Å²) in [5, 5.41) is 2.93. The van der Waals surface area contributed by atoms with Gasteiger partial charge in [-0.3, -0.25) is 4.90 Å². The fourth-order valence-corrected chi connectivity index (χ4v) is 5.60. The van der Waals surface area contributed by atoms with Gasteiger partial charge in [0.2, 0.25) is 0 Å². The van der Waals surface area contributed by atoms with Crippen LogP contribution in [0.25, 0.3) is 0 Å². The zero-order valence-corrected chi connectivity index (χ0v) is 15.8. The van der Waals surface area contributed by atoms with Crippen molar-refractivity contribution < 1.29 is 13.2 Å². The van der Waals surface area contributed by atoms with Crippen molar-refractivity contribution in [2.75, 3.05) is 25.9 Å². The maximum absolute atomic E-state index is 12.5. The molecule has 3 rings (SSSR count). The maximum atomic E-state index is 12.5. The summed E-state index contributed by atoms with van der Waals surface area (Å²) in [6.07, 6.45) is 4.75. The molecule has 1 aromatic rings. The molecule has 1 N–H and O–H groups in total. The number of urea groups is 1. The van der Waals surface area contributed by atoms with E-state index >= 15 is 0 Å². The lowest BCUT2D eigenvalue weighted by molar-refractivity contribution is 0.168. The number of nitrogens with zero attached hydrogens (tertiary/aromatic N) is 2. The number of nitrogens with one attached hydrogen (secondary N) is 1. The number of thiophene rings is 1. The summed E-state index contributed by atoms with van der Waals surface area (Å²) in [4.78, 5) is 17.7. The first-order valence-corrected chi connectivity index (χ1v) is 11.1. The maximum Gasteiger partial charge on any atom is 0.317 e. The van der Waals surface area contributed by atoms with Gasteiger partial charge in [-0.2, -0.15) is 0 Å². The van der Waals surface area contributed by atoms with Crippen molar-refractivity contribution >= 4 is 27.2 Å². The molecule has 6 nitrogen and oxygen atoms in total. The fourth-order valence-electron chi connectivity index (χ4n) is 3.69. The Labute approximate surface area is 147 Å². The van der Waals surface area contributed by atoms with Crippen molar-refractivity contribution in [1.29, 1.82) is 0 Å². The molecule has 2 saturated heterocycles. The lowest BCUT2D eigenvalue weighted by Crippen LogP contribution is -2.47. The fraction of sp³-hybridized carbons (Fsp3) is 0.688. The standard InChI is InChI=1S/C16H25N3O3S2/c1-12-14(18-8-3-4-9-18)7-10-19(12)16(20)17-11-13-5-6-15(23-13)24(2,21)22/h5-6,12,14H,3-4,7-11H2,1-2H3,(H,17,20)/t12-,14+/m1/s1. The molecule has 2 atom stereocenters. The molecule has 0 radical (unpaired) electrons. The summed E-state index contributed by atoms with van der Waals surface area (Å²) in [7, 11) is -3.17. The Bertz CT molecular complexity index is 695. The highest BCUT2D eigenvalue weighted by atomic mass is 32.2. The summed E-state index contributed by atoms with van der Waals surface area (Å²) >= 11 is 1.22. The lowest BCUT2D eigenvalue weighted by atomic mass is 10.1. The number of hydrogen-bond donors (Lipinski definition) is 1. The molecular weight excluding hydrogens is 346 g/mol. The summed E-state index contributed by atoms with van der Waals surface area (Å²) in [5.74, 6) is 0. The monoisotopic (exact) mass is 371 g/mol. The molecule has 24 heavy (non-hydrogen) atoms. The third-order valence-electron chi connectivity index (χ3n) is 5.00. The molecule has 0 spiro atoms. The van der Waals surface area contributed by atoms with Crippen LogP contribution < -0.4 is 5.32 Å². The number of likely N-dealkylation sites (tertiary alicyclic amines) is 2. The van der Waals surface area contributed by atoms with E-state index < -0.39 is 9.84 Å². The predicted octanol–water partition coefficient (Wildman–Crippen LogP) is 1.92. The van der Waals surface area contributed by atoms with Crippen LogP contribution in [0.1, 0.15) is 31.1 Å². The molecule has 2 aliphatic heterocycles. The van der Waals surface area contributed by atoms with Crippen molar-refractivity contribution in [2.24, 2.45) is 0 Å². The topological polar surface area (TPSA) is 69.7 Å². The van der Waals surface area contributed by atoms with Crippen LogP contribution in [0.15, 0.2) is 16.3 Å². The molecule has 0 aliphatic carbocycles. The van der Waals surface area contributed by atoms with E-state index in [9.17, 15) is 13.2 Å². The van der Waals surface area contributed by atoms with Crippen LogP contribution in [0.4, 0.5) is 4.79 Å². The minimum Gasteiger partial charge on any atom is -0.333 e. The molecule has 0 unspecified atom stereocenters. The minimum atomic E-state index is -3.17. The molecule has 1 aromatic heterocycles. The van der Waals surface area contributed by atoms with Crippen molar-refractivity contribution in [1.82, 2.24) is 15.1 Å². The Kier molecular flexibility index (Phi) is 5.17. The number of amides is 2. The van der Waals surface area contributed by atoms with Crippen molar-refractivity contribution in [2.45, 2.75) is 49.0 Å². The van der Waals surface area contributed by atoms with Gasteiger partial charge in [0.25, 0.3) is 0 Å². The number of hydrogen-bond acceptors (Lipinski definition) is 5. The summed E-state index contributed by atoms with van der Waals surface area (Å²) < 4.78 is 23.4. The molecular formula is C16H25N3O3S2. The second-order valence-corrected chi connectivity index (χ2v) is 10.1. The predicted molar refractivity (Wildman–Crippen MR) is 95.0 cm³/mol. The van der Waals surface area contributed by atoms with E-state index in [2.05, 4.69) is 17.1 Å². The van der Waals surface area contributed by atoms with Crippen LogP contribution in [-0.4, -0.2) is 62.2 Å². The number of carbonyl (C=O) groups is 1. The van der Waals surface area contributed by atoms with Gasteiger partial charge < -0.3 is 10.2 Å². The molecule has 2 aliphatic rings. The molecule has 3 heterocycles. The van der Waals surface area contributed by atoms with Crippen LogP contribution >= 0.6 is 11.3 Å². The van der Waals surface area contributed by atoms with E-state index in [1.807, 2.05) is 4.90 Å². The van der Waals surface area contributed by atoms with E-state index in [4.69, 9.17) is 0 Å². The van der Waals surface area contributed by atoms with Gasteiger partial charge in [0.15, 0.2) is 9.84 Å². The van der Waals surface area contributed by atoms with Gasteiger partial charge in [-0.25, -0.2) is 13.2 Å². The number of carbonyl (C=O) groups excluding carboxylic acids is 1. The second-order valence-electron chi connectivity index (χ2n) is 6.68. The first-order valence-electron chi connectivity index (χ1n) is 8.43. The third-order valence-corrected chi connectivity index (χ3v) is 7.91. The quantitative estimate of drug-likeness (QED) is 0.878. The van der Waals surface area contributed by atoms with E-state index in [0.29, 0.717) is 16.8 Å². The normalized spacial score (nSPS) is 25.3.